The van der Waals surface area contributed by atoms with Gasteiger partial charge in [0.1, 0.15) is 11.6 Å². The minimum atomic E-state index is -0.315. The molecular formula is C25H24FN5O2. The van der Waals surface area contributed by atoms with E-state index in [-0.39, 0.29) is 23.7 Å². The quantitative estimate of drug-likeness (QED) is 0.611. The van der Waals surface area contributed by atoms with Crippen LogP contribution in [0.5, 0.6) is 0 Å². The van der Waals surface area contributed by atoms with Crippen molar-refractivity contribution >= 4 is 17.6 Å². The number of pyridine rings is 1. The van der Waals surface area contributed by atoms with E-state index >= 15 is 0 Å². The number of rotatable bonds is 4. The third-order valence-corrected chi connectivity index (χ3v) is 6.35. The van der Waals surface area contributed by atoms with Gasteiger partial charge in [0.05, 0.1) is 12.6 Å². The van der Waals surface area contributed by atoms with Crippen LogP contribution in [0.1, 0.15) is 58.3 Å². The molecule has 168 valence electrons. The number of fused-ring (bicyclic) bond motifs is 1. The van der Waals surface area contributed by atoms with Gasteiger partial charge in [0, 0.05) is 42.2 Å². The Balaban J connectivity index is 1.49. The molecule has 2 aromatic heterocycles. The number of amides is 2. The summed E-state index contributed by atoms with van der Waals surface area (Å²) in [6.07, 6.45) is 5.81. The first-order chi connectivity index (χ1) is 16.0. The van der Waals surface area contributed by atoms with Crippen molar-refractivity contribution in [1.82, 2.24) is 19.9 Å². The van der Waals surface area contributed by atoms with Crippen molar-refractivity contribution in [3.8, 4) is 0 Å². The SMILES string of the molecule is Cc1nc([C@H]2CCCN2C(=O)c2ccncc2)nc2c1CCC(=O)N2Cc1ccc(F)cc1. The first kappa shape index (κ1) is 21.2. The van der Waals surface area contributed by atoms with Crippen LogP contribution < -0.4 is 4.90 Å². The average molecular weight is 445 g/mol. The number of carbonyl (C=O) groups is 2. The summed E-state index contributed by atoms with van der Waals surface area (Å²) in [5.74, 6) is 0.751. The Morgan fingerprint density at radius 1 is 1.09 bits per heavy atom. The molecule has 7 nitrogen and oxygen atoms in total. The lowest BCUT2D eigenvalue weighted by molar-refractivity contribution is -0.119. The van der Waals surface area contributed by atoms with Gasteiger partial charge in [0.15, 0.2) is 5.82 Å². The van der Waals surface area contributed by atoms with Crippen molar-refractivity contribution in [3.05, 3.63) is 82.8 Å². The van der Waals surface area contributed by atoms with E-state index in [1.807, 2.05) is 11.8 Å². The number of carbonyl (C=O) groups excluding carboxylic acids is 2. The molecule has 3 aromatic rings. The topological polar surface area (TPSA) is 79.3 Å². The lowest BCUT2D eigenvalue weighted by Crippen LogP contribution is -2.37. The molecule has 8 heteroatoms. The number of hydrogen-bond donors (Lipinski definition) is 0. The predicted molar refractivity (Wildman–Crippen MR) is 120 cm³/mol. The van der Waals surface area contributed by atoms with Gasteiger partial charge in [-0.2, -0.15) is 0 Å². The zero-order valence-corrected chi connectivity index (χ0v) is 18.4. The lowest BCUT2D eigenvalue weighted by atomic mass is 10.0. The van der Waals surface area contributed by atoms with Crippen LogP contribution in [0.25, 0.3) is 0 Å². The standard InChI is InChI=1S/C25H24FN5O2/c1-16-20-8-9-22(32)31(15-17-4-6-19(26)7-5-17)24(20)29-23(28-16)21-3-2-14-30(21)25(33)18-10-12-27-13-11-18/h4-7,10-13,21H,2-3,8-9,14-15H2,1H3/t21-/m1/s1. The molecule has 5 rings (SSSR count). The van der Waals surface area contributed by atoms with Crippen molar-refractivity contribution in [1.29, 1.82) is 0 Å². The summed E-state index contributed by atoms with van der Waals surface area (Å²) in [6.45, 7) is 2.87. The third kappa shape index (κ3) is 4.08. The predicted octanol–water partition coefficient (Wildman–Crippen LogP) is 3.78. The minimum Gasteiger partial charge on any atom is -0.328 e. The van der Waals surface area contributed by atoms with Crippen LogP contribution in [0.3, 0.4) is 0 Å². The molecule has 0 spiro atoms. The molecule has 2 amide bonds. The number of anilines is 1. The van der Waals surface area contributed by atoms with Gasteiger partial charge < -0.3 is 4.90 Å². The first-order valence-electron chi connectivity index (χ1n) is 11.1. The normalized spacial score (nSPS) is 17.9. The highest BCUT2D eigenvalue weighted by Gasteiger charge is 2.35. The summed E-state index contributed by atoms with van der Waals surface area (Å²) >= 11 is 0. The Morgan fingerprint density at radius 3 is 2.61 bits per heavy atom. The van der Waals surface area contributed by atoms with E-state index in [0.717, 1.165) is 29.7 Å². The van der Waals surface area contributed by atoms with Gasteiger partial charge in [0.2, 0.25) is 5.91 Å². The number of likely N-dealkylation sites (tertiary alicyclic amines) is 1. The van der Waals surface area contributed by atoms with E-state index in [0.29, 0.717) is 43.1 Å². The summed E-state index contributed by atoms with van der Waals surface area (Å²) in [7, 11) is 0. The van der Waals surface area contributed by atoms with Gasteiger partial charge in [-0.25, -0.2) is 14.4 Å². The highest BCUT2D eigenvalue weighted by Crippen LogP contribution is 2.35. The Hall–Kier alpha value is -3.68. The summed E-state index contributed by atoms with van der Waals surface area (Å²) in [6, 6.07) is 9.31. The van der Waals surface area contributed by atoms with Crippen molar-refractivity contribution in [3.63, 3.8) is 0 Å². The van der Waals surface area contributed by atoms with Gasteiger partial charge in [-0.1, -0.05) is 12.1 Å². The number of aromatic nitrogens is 3. The number of nitrogens with zero attached hydrogens (tertiary/aromatic N) is 5. The van der Waals surface area contributed by atoms with Crippen molar-refractivity contribution < 1.29 is 14.0 Å². The van der Waals surface area contributed by atoms with Crippen molar-refractivity contribution in [2.45, 2.75) is 45.2 Å². The van der Waals surface area contributed by atoms with Gasteiger partial charge in [0.25, 0.3) is 5.91 Å². The largest absolute Gasteiger partial charge is 0.328 e. The lowest BCUT2D eigenvalue weighted by Gasteiger charge is -2.31. The van der Waals surface area contributed by atoms with Gasteiger partial charge in [-0.05, 0) is 56.0 Å². The maximum Gasteiger partial charge on any atom is 0.254 e. The molecule has 0 bridgehead atoms. The highest BCUT2D eigenvalue weighted by atomic mass is 19.1. The maximum atomic E-state index is 13.3. The van der Waals surface area contributed by atoms with E-state index in [1.54, 1.807) is 41.6 Å². The van der Waals surface area contributed by atoms with E-state index in [1.165, 1.54) is 12.1 Å². The molecule has 0 saturated carbocycles. The fraction of sp³-hybridized carbons (Fsp3) is 0.320. The summed E-state index contributed by atoms with van der Waals surface area (Å²) in [5, 5.41) is 0. The number of halogens is 1. The van der Waals surface area contributed by atoms with Crippen LogP contribution in [0.15, 0.2) is 48.8 Å². The zero-order valence-electron chi connectivity index (χ0n) is 18.4. The van der Waals surface area contributed by atoms with Gasteiger partial charge >= 0.3 is 0 Å². The second-order valence-corrected chi connectivity index (χ2v) is 8.47. The molecule has 4 heterocycles. The number of hydrogen-bond acceptors (Lipinski definition) is 5. The molecule has 33 heavy (non-hydrogen) atoms. The molecule has 0 N–H and O–H groups in total. The maximum absolute atomic E-state index is 13.3. The molecule has 2 aliphatic rings. The Bertz CT molecular complexity index is 1200. The summed E-state index contributed by atoms with van der Waals surface area (Å²) in [4.78, 5) is 43.1. The number of benzene rings is 1. The molecule has 1 atom stereocenters. The molecule has 0 aliphatic carbocycles. The van der Waals surface area contributed by atoms with Crippen LogP contribution >= 0.6 is 0 Å². The fourth-order valence-corrected chi connectivity index (χ4v) is 4.63. The summed E-state index contributed by atoms with van der Waals surface area (Å²) < 4.78 is 13.3. The van der Waals surface area contributed by atoms with Crippen LogP contribution in [0.2, 0.25) is 0 Å². The van der Waals surface area contributed by atoms with Crippen LogP contribution in [-0.2, 0) is 17.8 Å². The molecular weight excluding hydrogens is 421 g/mol. The Labute approximate surface area is 191 Å². The smallest absolute Gasteiger partial charge is 0.254 e. The van der Waals surface area contributed by atoms with E-state index < -0.39 is 0 Å². The van der Waals surface area contributed by atoms with Gasteiger partial charge in [-0.3, -0.25) is 19.5 Å². The Kier molecular flexibility index (Phi) is 5.58. The van der Waals surface area contributed by atoms with E-state index in [9.17, 15) is 14.0 Å². The zero-order chi connectivity index (χ0) is 22.9. The second kappa shape index (κ2) is 8.69. The van der Waals surface area contributed by atoms with Gasteiger partial charge in [-0.15, -0.1) is 0 Å². The molecule has 1 saturated heterocycles. The second-order valence-electron chi connectivity index (χ2n) is 8.47. The highest BCUT2D eigenvalue weighted by molar-refractivity contribution is 5.96. The third-order valence-electron chi connectivity index (χ3n) is 6.35. The average Bonchev–Trinajstić information content (AvgIpc) is 3.32. The number of aryl methyl sites for hydroxylation is 1. The molecule has 0 unspecified atom stereocenters. The molecule has 0 radical (unpaired) electrons. The van der Waals surface area contributed by atoms with Crippen LogP contribution in [-0.4, -0.2) is 38.2 Å². The molecule has 1 aromatic carbocycles. The van der Waals surface area contributed by atoms with E-state index in [4.69, 9.17) is 9.97 Å². The Morgan fingerprint density at radius 2 is 1.85 bits per heavy atom. The van der Waals surface area contributed by atoms with Crippen molar-refractivity contribution in [2.75, 3.05) is 11.4 Å². The minimum absolute atomic E-state index is 0.0213. The first-order valence-corrected chi connectivity index (χ1v) is 11.1. The van der Waals surface area contributed by atoms with E-state index in [2.05, 4.69) is 4.98 Å². The molecule has 2 aliphatic heterocycles. The fourth-order valence-electron chi connectivity index (χ4n) is 4.63. The summed E-state index contributed by atoms with van der Waals surface area (Å²) in [5.41, 5.74) is 3.19. The van der Waals surface area contributed by atoms with Crippen LogP contribution in [0, 0.1) is 12.7 Å². The van der Waals surface area contributed by atoms with Crippen molar-refractivity contribution in [2.24, 2.45) is 0 Å². The monoisotopic (exact) mass is 445 g/mol. The van der Waals surface area contributed by atoms with Crippen LogP contribution in [0.4, 0.5) is 10.2 Å². The molecule has 1 fully saturated rings.